The minimum absolute atomic E-state index is 0.446. The van der Waals surface area contributed by atoms with Crippen molar-refractivity contribution in [2.45, 2.75) is 25.4 Å². The van der Waals surface area contributed by atoms with Crippen LogP contribution >= 0.6 is 0 Å². The standard InChI is InChI=1S/C13H18N2/c1-2-8-5-3-4-6-9(8)13-11-10(7-15-13)12(11)14/h3-6,10-13,15H,2,7,14H2,1H3. The van der Waals surface area contributed by atoms with E-state index in [0.717, 1.165) is 18.9 Å². The molecule has 0 radical (unpaired) electrons. The molecule has 4 atom stereocenters. The van der Waals surface area contributed by atoms with Crippen LogP contribution in [0, 0.1) is 11.8 Å². The van der Waals surface area contributed by atoms with E-state index >= 15 is 0 Å². The summed E-state index contributed by atoms with van der Waals surface area (Å²) in [7, 11) is 0. The second kappa shape index (κ2) is 3.32. The highest BCUT2D eigenvalue weighted by Crippen LogP contribution is 2.51. The molecule has 2 nitrogen and oxygen atoms in total. The number of nitrogens with one attached hydrogen (secondary N) is 1. The first-order valence-corrected chi connectivity index (χ1v) is 5.89. The van der Waals surface area contributed by atoms with E-state index in [1.165, 1.54) is 11.1 Å². The SMILES string of the molecule is CCc1ccccc1C1NCC2C(N)C12. The van der Waals surface area contributed by atoms with Gasteiger partial charge in [0, 0.05) is 18.6 Å². The highest BCUT2D eigenvalue weighted by molar-refractivity contribution is 5.34. The Bertz CT molecular complexity index is 375. The van der Waals surface area contributed by atoms with Crippen molar-refractivity contribution in [3.63, 3.8) is 0 Å². The number of nitrogens with two attached hydrogens (primary N) is 1. The van der Waals surface area contributed by atoms with Crippen molar-refractivity contribution in [3.05, 3.63) is 35.4 Å². The lowest BCUT2D eigenvalue weighted by atomic mass is 9.96. The Morgan fingerprint density at radius 2 is 2.20 bits per heavy atom. The fourth-order valence-electron chi connectivity index (χ4n) is 3.05. The number of benzene rings is 1. The summed E-state index contributed by atoms with van der Waals surface area (Å²) in [6.45, 7) is 3.33. The third kappa shape index (κ3) is 1.32. The molecule has 1 heterocycles. The predicted octanol–water partition coefficient (Wildman–Crippen LogP) is 1.47. The highest BCUT2D eigenvalue weighted by atomic mass is 15.1. The molecule has 3 N–H and O–H groups in total. The summed E-state index contributed by atoms with van der Waals surface area (Å²) in [5.74, 6) is 1.43. The molecule has 2 fully saturated rings. The molecule has 2 heteroatoms. The van der Waals surface area contributed by atoms with Crippen LogP contribution in [0.5, 0.6) is 0 Å². The first-order valence-electron chi connectivity index (χ1n) is 5.89. The first-order chi connectivity index (χ1) is 7.33. The fourth-order valence-corrected chi connectivity index (χ4v) is 3.05. The zero-order valence-electron chi connectivity index (χ0n) is 9.11. The molecule has 0 bridgehead atoms. The maximum absolute atomic E-state index is 6.05. The van der Waals surface area contributed by atoms with E-state index in [2.05, 4.69) is 36.5 Å². The summed E-state index contributed by atoms with van der Waals surface area (Å²) in [4.78, 5) is 0. The van der Waals surface area contributed by atoms with Gasteiger partial charge in [-0.15, -0.1) is 0 Å². The second-order valence-electron chi connectivity index (χ2n) is 4.76. The van der Waals surface area contributed by atoms with E-state index in [4.69, 9.17) is 5.73 Å². The van der Waals surface area contributed by atoms with Gasteiger partial charge >= 0.3 is 0 Å². The largest absolute Gasteiger partial charge is 0.327 e. The lowest BCUT2D eigenvalue weighted by Crippen LogP contribution is -2.26. The summed E-state index contributed by atoms with van der Waals surface area (Å²) >= 11 is 0. The van der Waals surface area contributed by atoms with Crippen molar-refractivity contribution >= 4 is 0 Å². The molecule has 1 saturated heterocycles. The number of aryl methyl sites for hydroxylation is 1. The first kappa shape index (κ1) is 9.37. The van der Waals surface area contributed by atoms with Crippen molar-refractivity contribution in [2.24, 2.45) is 17.6 Å². The summed E-state index contributed by atoms with van der Waals surface area (Å²) in [5, 5.41) is 3.60. The molecule has 0 amide bonds. The zero-order valence-corrected chi connectivity index (χ0v) is 9.11. The van der Waals surface area contributed by atoms with Crippen LogP contribution in [0.2, 0.25) is 0 Å². The molecule has 4 unspecified atom stereocenters. The lowest BCUT2D eigenvalue weighted by Gasteiger charge is -2.18. The zero-order chi connectivity index (χ0) is 10.4. The quantitative estimate of drug-likeness (QED) is 0.762. The van der Waals surface area contributed by atoms with Crippen molar-refractivity contribution in [2.75, 3.05) is 6.54 Å². The molecule has 1 aliphatic carbocycles. The van der Waals surface area contributed by atoms with Crippen LogP contribution in [0.25, 0.3) is 0 Å². The van der Waals surface area contributed by atoms with Crippen LogP contribution in [0.4, 0.5) is 0 Å². The Morgan fingerprint density at radius 1 is 1.40 bits per heavy atom. The molecule has 1 saturated carbocycles. The number of rotatable bonds is 2. The Hall–Kier alpha value is -0.860. The molecule has 80 valence electrons. The maximum atomic E-state index is 6.05. The molecule has 15 heavy (non-hydrogen) atoms. The molecule has 0 aromatic heterocycles. The average molecular weight is 202 g/mol. The van der Waals surface area contributed by atoms with Gasteiger partial charge in [-0.3, -0.25) is 0 Å². The number of hydrogen-bond donors (Lipinski definition) is 2. The van der Waals surface area contributed by atoms with Crippen LogP contribution in [0.1, 0.15) is 24.1 Å². The van der Waals surface area contributed by atoms with E-state index in [9.17, 15) is 0 Å². The van der Waals surface area contributed by atoms with Gasteiger partial charge in [-0.05, 0) is 29.4 Å². The monoisotopic (exact) mass is 202 g/mol. The number of fused-ring (bicyclic) bond motifs is 1. The van der Waals surface area contributed by atoms with Gasteiger partial charge in [0.05, 0.1) is 0 Å². The molecular formula is C13H18N2. The normalized spacial score (nSPS) is 37.7. The van der Waals surface area contributed by atoms with Gasteiger partial charge in [0.15, 0.2) is 0 Å². The van der Waals surface area contributed by atoms with Gasteiger partial charge in [-0.2, -0.15) is 0 Å². The third-order valence-corrected chi connectivity index (χ3v) is 4.02. The van der Waals surface area contributed by atoms with Gasteiger partial charge in [-0.1, -0.05) is 31.2 Å². The topological polar surface area (TPSA) is 38.0 Å². The van der Waals surface area contributed by atoms with Gasteiger partial charge in [0.1, 0.15) is 0 Å². The molecule has 1 aromatic carbocycles. The van der Waals surface area contributed by atoms with E-state index in [1.54, 1.807) is 0 Å². The van der Waals surface area contributed by atoms with Crippen LogP contribution in [0.15, 0.2) is 24.3 Å². The van der Waals surface area contributed by atoms with Crippen LogP contribution in [-0.4, -0.2) is 12.6 Å². The molecule has 3 rings (SSSR count). The third-order valence-electron chi connectivity index (χ3n) is 4.02. The summed E-state index contributed by atoms with van der Waals surface area (Å²) < 4.78 is 0. The summed E-state index contributed by atoms with van der Waals surface area (Å²) in [6.07, 6.45) is 1.11. The summed E-state index contributed by atoms with van der Waals surface area (Å²) in [5.41, 5.74) is 8.99. The molecule has 1 aromatic rings. The summed E-state index contributed by atoms with van der Waals surface area (Å²) in [6, 6.07) is 9.71. The average Bonchev–Trinajstić information content (AvgIpc) is 2.76. The van der Waals surface area contributed by atoms with E-state index < -0.39 is 0 Å². The van der Waals surface area contributed by atoms with Crippen molar-refractivity contribution < 1.29 is 0 Å². The lowest BCUT2D eigenvalue weighted by molar-refractivity contribution is 0.533. The number of piperidine rings is 1. The van der Waals surface area contributed by atoms with Crippen LogP contribution in [-0.2, 0) is 6.42 Å². The highest BCUT2D eigenvalue weighted by Gasteiger charge is 2.56. The minimum atomic E-state index is 0.446. The van der Waals surface area contributed by atoms with Crippen LogP contribution in [0.3, 0.4) is 0 Å². The van der Waals surface area contributed by atoms with Crippen molar-refractivity contribution in [1.82, 2.24) is 5.32 Å². The smallest absolute Gasteiger partial charge is 0.0370 e. The van der Waals surface area contributed by atoms with Crippen molar-refractivity contribution in [3.8, 4) is 0 Å². The minimum Gasteiger partial charge on any atom is -0.327 e. The Balaban J connectivity index is 1.92. The number of hydrogen-bond acceptors (Lipinski definition) is 2. The molecule has 2 aliphatic rings. The second-order valence-corrected chi connectivity index (χ2v) is 4.76. The van der Waals surface area contributed by atoms with E-state index in [1.807, 2.05) is 0 Å². The molecular weight excluding hydrogens is 184 g/mol. The Kier molecular flexibility index (Phi) is 2.08. The van der Waals surface area contributed by atoms with Crippen LogP contribution < -0.4 is 11.1 Å². The molecule has 0 spiro atoms. The Morgan fingerprint density at radius 3 is 2.87 bits per heavy atom. The fraction of sp³-hybridized carbons (Fsp3) is 0.538. The molecule has 1 aliphatic heterocycles. The van der Waals surface area contributed by atoms with Gasteiger partial charge in [0.2, 0.25) is 0 Å². The Labute approximate surface area is 90.9 Å². The van der Waals surface area contributed by atoms with Gasteiger partial charge in [-0.25, -0.2) is 0 Å². The predicted molar refractivity (Wildman–Crippen MR) is 61.5 cm³/mol. The van der Waals surface area contributed by atoms with E-state index in [-0.39, 0.29) is 0 Å². The van der Waals surface area contributed by atoms with Gasteiger partial charge in [0.25, 0.3) is 0 Å². The van der Waals surface area contributed by atoms with Crippen molar-refractivity contribution in [1.29, 1.82) is 0 Å². The van der Waals surface area contributed by atoms with Gasteiger partial charge < -0.3 is 11.1 Å². The van der Waals surface area contributed by atoms with E-state index in [0.29, 0.717) is 18.0 Å². The maximum Gasteiger partial charge on any atom is 0.0370 e.